The van der Waals surface area contributed by atoms with Gasteiger partial charge in [0.1, 0.15) is 5.75 Å². The molecule has 0 bridgehead atoms. The molecule has 0 fully saturated rings. The zero-order valence-electron chi connectivity index (χ0n) is 15.8. The fourth-order valence-electron chi connectivity index (χ4n) is 3.07. The zero-order chi connectivity index (χ0) is 19.5. The SMILES string of the molecule is CCc1ccc(NC(=O)Cc2csc3nc(-c4cccc(OC)c4)cn23)cc1. The summed E-state index contributed by atoms with van der Waals surface area (Å²) in [6, 6.07) is 15.8. The minimum atomic E-state index is -0.0411. The van der Waals surface area contributed by atoms with Crippen LogP contribution in [-0.4, -0.2) is 22.4 Å². The van der Waals surface area contributed by atoms with E-state index in [0.717, 1.165) is 39.8 Å². The lowest BCUT2D eigenvalue weighted by atomic mass is 10.1. The first-order valence-corrected chi connectivity index (χ1v) is 10.0. The Morgan fingerprint density at radius 2 is 2.04 bits per heavy atom. The molecule has 2 aromatic carbocycles. The number of anilines is 1. The molecule has 2 aromatic heterocycles. The van der Waals surface area contributed by atoms with Crippen LogP contribution < -0.4 is 10.1 Å². The average Bonchev–Trinajstić information content (AvgIpc) is 3.30. The molecule has 0 atom stereocenters. The molecule has 142 valence electrons. The maximum absolute atomic E-state index is 12.5. The number of thiazole rings is 1. The number of imidazole rings is 1. The molecule has 4 aromatic rings. The second-order valence-electron chi connectivity index (χ2n) is 6.51. The van der Waals surface area contributed by atoms with E-state index in [0.29, 0.717) is 6.42 Å². The van der Waals surface area contributed by atoms with Crippen LogP contribution in [-0.2, 0) is 17.6 Å². The number of rotatable bonds is 6. The van der Waals surface area contributed by atoms with Crippen molar-refractivity contribution >= 4 is 27.9 Å². The molecule has 0 aliphatic carbocycles. The Balaban J connectivity index is 1.52. The highest BCUT2D eigenvalue weighted by atomic mass is 32.1. The molecular weight excluding hydrogens is 370 g/mol. The van der Waals surface area contributed by atoms with E-state index in [1.54, 1.807) is 7.11 Å². The van der Waals surface area contributed by atoms with Crippen LogP contribution in [0.1, 0.15) is 18.2 Å². The molecule has 0 saturated carbocycles. The van der Waals surface area contributed by atoms with Gasteiger partial charge in [-0.15, -0.1) is 11.3 Å². The molecule has 0 aliphatic heterocycles. The van der Waals surface area contributed by atoms with E-state index in [1.165, 1.54) is 16.9 Å². The summed E-state index contributed by atoms with van der Waals surface area (Å²) in [5, 5.41) is 4.95. The van der Waals surface area contributed by atoms with Crippen molar-refractivity contribution in [2.45, 2.75) is 19.8 Å². The highest BCUT2D eigenvalue weighted by Crippen LogP contribution is 2.26. The third-order valence-electron chi connectivity index (χ3n) is 4.64. The highest BCUT2D eigenvalue weighted by Gasteiger charge is 2.13. The minimum Gasteiger partial charge on any atom is -0.497 e. The summed E-state index contributed by atoms with van der Waals surface area (Å²) < 4.78 is 7.28. The normalized spacial score (nSPS) is 10.9. The van der Waals surface area contributed by atoms with E-state index in [4.69, 9.17) is 4.74 Å². The first-order chi connectivity index (χ1) is 13.7. The maximum atomic E-state index is 12.5. The number of carbonyl (C=O) groups excluding carboxylic acids is 1. The third-order valence-corrected chi connectivity index (χ3v) is 5.53. The van der Waals surface area contributed by atoms with Gasteiger partial charge in [0, 0.05) is 28.5 Å². The molecule has 1 N–H and O–H groups in total. The Bertz CT molecular complexity index is 1110. The average molecular weight is 391 g/mol. The lowest BCUT2D eigenvalue weighted by Gasteiger charge is -2.06. The van der Waals surface area contributed by atoms with Crippen LogP contribution in [0.3, 0.4) is 0 Å². The maximum Gasteiger partial charge on any atom is 0.230 e. The van der Waals surface area contributed by atoms with E-state index >= 15 is 0 Å². The number of ether oxygens (including phenoxy) is 1. The smallest absolute Gasteiger partial charge is 0.230 e. The fraction of sp³-hybridized carbons (Fsp3) is 0.182. The first-order valence-electron chi connectivity index (χ1n) is 9.15. The molecule has 1 amide bonds. The number of benzene rings is 2. The van der Waals surface area contributed by atoms with Crippen LogP contribution in [0.2, 0.25) is 0 Å². The Hall–Kier alpha value is -3.12. The predicted molar refractivity (Wildman–Crippen MR) is 113 cm³/mol. The van der Waals surface area contributed by atoms with Crippen LogP contribution in [0.25, 0.3) is 16.2 Å². The Morgan fingerprint density at radius 1 is 1.21 bits per heavy atom. The monoisotopic (exact) mass is 391 g/mol. The van der Waals surface area contributed by atoms with Gasteiger partial charge in [0.05, 0.1) is 19.2 Å². The fourth-order valence-corrected chi connectivity index (χ4v) is 3.94. The molecule has 0 saturated heterocycles. The van der Waals surface area contributed by atoms with Crippen molar-refractivity contribution in [3.8, 4) is 17.0 Å². The van der Waals surface area contributed by atoms with E-state index in [1.807, 2.05) is 64.5 Å². The number of aromatic nitrogens is 2. The lowest BCUT2D eigenvalue weighted by molar-refractivity contribution is -0.115. The van der Waals surface area contributed by atoms with Gasteiger partial charge in [-0.3, -0.25) is 9.20 Å². The topological polar surface area (TPSA) is 55.6 Å². The number of fused-ring (bicyclic) bond motifs is 1. The van der Waals surface area contributed by atoms with Gasteiger partial charge in [-0.05, 0) is 36.2 Å². The van der Waals surface area contributed by atoms with E-state index in [9.17, 15) is 4.79 Å². The Morgan fingerprint density at radius 3 is 2.79 bits per heavy atom. The van der Waals surface area contributed by atoms with Crippen molar-refractivity contribution in [2.75, 3.05) is 12.4 Å². The van der Waals surface area contributed by atoms with Crippen molar-refractivity contribution in [2.24, 2.45) is 0 Å². The number of nitrogens with one attached hydrogen (secondary N) is 1. The summed E-state index contributed by atoms with van der Waals surface area (Å²) in [5.41, 5.74) is 4.84. The molecule has 4 rings (SSSR count). The number of hydrogen-bond acceptors (Lipinski definition) is 4. The standard InChI is InChI=1S/C22H21N3O2S/c1-3-15-7-9-17(10-8-15)23-21(26)12-18-14-28-22-24-20(13-25(18)22)16-5-4-6-19(11-16)27-2/h4-11,13-14H,3,12H2,1-2H3,(H,23,26). The second-order valence-corrected chi connectivity index (χ2v) is 7.35. The quantitative estimate of drug-likeness (QED) is 0.513. The zero-order valence-corrected chi connectivity index (χ0v) is 16.6. The van der Waals surface area contributed by atoms with Crippen molar-refractivity contribution in [3.05, 3.63) is 71.4 Å². The lowest BCUT2D eigenvalue weighted by Crippen LogP contribution is -2.15. The molecule has 0 radical (unpaired) electrons. The number of amides is 1. The Kier molecular flexibility index (Phi) is 5.12. The van der Waals surface area contributed by atoms with Gasteiger partial charge in [-0.25, -0.2) is 4.98 Å². The number of aryl methyl sites for hydroxylation is 1. The Labute approximate surface area is 167 Å². The van der Waals surface area contributed by atoms with Gasteiger partial charge in [-0.1, -0.05) is 31.2 Å². The summed E-state index contributed by atoms with van der Waals surface area (Å²) in [6.07, 6.45) is 3.25. The van der Waals surface area contributed by atoms with E-state index < -0.39 is 0 Å². The summed E-state index contributed by atoms with van der Waals surface area (Å²) in [6.45, 7) is 2.11. The number of nitrogens with zero attached hydrogens (tertiary/aromatic N) is 2. The molecule has 0 spiro atoms. The van der Waals surface area contributed by atoms with Crippen molar-refractivity contribution in [3.63, 3.8) is 0 Å². The largest absolute Gasteiger partial charge is 0.497 e. The van der Waals surface area contributed by atoms with Crippen LogP contribution in [0.4, 0.5) is 5.69 Å². The summed E-state index contributed by atoms with van der Waals surface area (Å²) in [4.78, 5) is 18.0. The summed E-state index contributed by atoms with van der Waals surface area (Å²) in [5.74, 6) is 0.753. The molecule has 28 heavy (non-hydrogen) atoms. The van der Waals surface area contributed by atoms with Gasteiger partial charge >= 0.3 is 0 Å². The van der Waals surface area contributed by atoms with Gasteiger partial charge in [0.15, 0.2) is 4.96 Å². The van der Waals surface area contributed by atoms with E-state index in [2.05, 4.69) is 17.2 Å². The first kappa shape index (κ1) is 18.3. The van der Waals surface area contributed by atoms with Gasteiger partial charge in [0.25, 0.3) is 0 Å². The van der Waals surface area contributed by atoms with Gasteiger partial charge < -0.3 is 10.1 Å². The van der Waals surface area contributed by atoms with Crippen molar-refractivity contribution in [1.29, 1.82) is 0 Å². The molecule has 2 heterocycles. The molecule has 0 aliphatic rings. The van der Waals surface area contributed by atoms with Crippen LogP contribution in [0, 0.1) is 0 Å². The third kappa shape index (κ3) is 3.77. The van der Waals surface area contributed by atoms with Crippen LogP contribution >= 0.6 is 11.3 Å². The second kappa shape index (κ2) is 7.86. The van der Waals surface area contributed by atoms with Crippen molar-refractivity contribution < 1.29 is 9.53 Å². The molecule has 6 heteroatoms. The summed E-state index contributed by atoms with van der Waals surface area (Å²) >= 11 is 1.53. The molecule has 0 unspecified atom stereocenters. The number of hydrogen-bond donors (Lipinski definition) is 1. The van der Waals surface area contributed by atoms with Gasteiger partial charge in [0.2, 0.25) is 5.91 Å². The number of carbonyl (C=O) groups is 1. The van der Waals surface area contributed by atoms with Gasteiger partial charge in [-0.2, -0.15) is 0 Å². The predicted octanol–water partition coefficient (Wildman–Crippen LogP) is 4.82. The minimum absolute atomic E-state index is 0.0411. The highest BCUT2D eigenvalue weighted by molar-refractivity contribution is 7.15. The number of methoxy groups -OCH3 is 1. The van der Waals surface area contributed by atoms with Crippen molar-refractivity contribution in [1.82, 2.24) is 9.38 Å². The van der Waals surface area contributed by atoms with Crippen LogP contribution in [0.5, 0.6) is 5.75 Å². The summed E-state index contributed by atoms with van der Waals surface area (Å²) in [7, 11) is 1.65. The van der Waals surface area contributed by atoms with E-state index in [-0.39, 0.29) is 5.91 Å². The van der Waals surface area contributed by atoms with Crippen LogP contribution in [0.15, 0.2) is 60.1 Å². The molecular formula is C22H21N3O2S. The molecule has 5 nitrogen and oxygen atoms in total.